The lowest BCUT2D eigenvalue weighted by Crippen LogP contribution is -2.47. The van der Waals surface area contributed by atoms with E-state index in [1.54, 1.807) is 0 Å². The van der Waals surface area contributed by atoms with E-state index in [4.69, 9.17) is 0 Å². The number of carbonyl (C=O) groups excluding carboxylic acids is 1. The van der Waals surface area contributed by atoms with Crippen LogP contribution in [-0.4, -0.2) is 44.5 Å². The zero-order valence-electron chi connectivity index (χ0n) is 10.1. The average Bonchev–Trinajstić information content (AvgIpc) is 2.59. The van der Waals surface area contributed by atoms with Crippen LogP contribution in [0.5, 0.6) is 0 Å². The molecule has 0 bridgehead atoms. The number of rotatable bonds is 2. The van der Waals surface area contributed by atoms with Crippen LogP contribution in [0.1, 0.15) is 26.2 Å². The van der Waals surface area contributed by atoms with Crippen LogP contribution in [0.15, 0.2) is 0 Å². The first-order valence-electron chi connectivity index (χ1n) is 6.20. The van der Waals surface area contributed by atoms with Gasteiger partial charge in [-0.2, -0.15) is 0 Å². The first-order valence-corrected chi connectivity index (χ1v) is 8.02. The van der Waals surface area contributed by atoms with Gasteiger partial charge in [0.15, 0.2) is 9.84 Å². The molecule has 2 N–H and O–H groups in total. The molecular formula is C11H20N2O3S. The van der Waals surface area contributed by atoms with Crippen molar-refractivity contribution in [2.45, 2.75) is 38.3 Å². The van der Waals surface area contributed by atoms with Crippen LogP contribution in [0.25, 0.3) is 0 Å². The molecule has 0 radical (unpaired) electrons. The third kappa shape index (κ3) is 3.42. The highest BCUT2D eigenvalue weighted by Gasteiger charge is 2.31. The number of piperidine rings is 1. The Kier molecular flexibility index (Phi) is 3.73. The Morgan fingerprint density at radius 2 is 2.06 bits per heavy atom. The molecular weight excluding hydrogens is 240 g/mol. The van der Waals surface area contributed by atoms with Gasteiger partial charge in [-0.25, -0.2) is 8.42 Å². The van der Waals surface area contributed by atoms with Gasteiger partial charge >= 0.3 is 0 Å². The van der Waals surface area contributed by atoms with Gasteiger partial charge in [0.1, 0.15) is 0 Å². The van der Waals surface area contributed by atoms with Gasteiger partial charge in [-0.1, -0.05) is 0 Å². The SMILES string of the molecule is CC1CCC(C(=O)NC2CCS(=O)(=O)C2)CN1. The lowest BCUT2D eigenvalue weighted by Gasteiger charge is -2.27. The van der Waals surface area contributed by atoms with Crippen LogP contribution >= 0.6 is 0 Å². The largest absolute Gasteiger partial charge is 0.352 e. The fourth-order valence-electron chi connectivity index (χ4n) is 2.45. The van der Waals surface area contributed by atoms with Crippen molar-refractivity contribution in [1.82, 2.24) is 10.6 Å². The Balaban J connectivity index is 1.82. The van der Waals surface area contributed by atoms with E-state index in [2.05, 4.69) is 17.6 Å². The van der Waals surface area contributed by atoms with Gasteiger partial charge in [-0.05, 0) is 26.2 Å². The molecule has 0 saturated carbocycles. The van der Waals surface area contributed by atoms with Gasteiger partial charge in [0.2, 0.25) is 5.91 Å². The molecule has 2 rings (SSSR count). The van der Waals surface area contributed by atoms with Crippen LogP contribution in [0.3, 0.4) is 0 Å². The van der Waals surface area contributed by atoms with Crippen molar-refractivity contribution in [2.75, 3.05) is 18.1 Å². The second kappa shape index (κ2) is 4.94. The molecule has 2 aliphatic rings. The van der Waals surface area contributed by atoms with E-state index >= 15 is 0 Å². The zero-order valence-corrected chi connectivity index (χ0v) is 10.9. The Labute approximate surface area is 102 Å². The molecule has 2 fully saturated rings. The maximum Gasteiger partial charge on any atom is 0.224 e. The van der Waals surface area contributed by atoms with Gasteiger partial charge < -0.3 is 10.6 Å². The normalized spacial score (nSPS) is 36.6. The summed E-state index contributed by atoms with van der Waals surface area (Å²) >= 11 is 0. The van der Waals surface area contributed by atoms with Crippen molar-refractivity contribution in [3.05, 3.63) is 0 Å². The Hall–Kier alpha value is -0.620. The fourth-order valence-corrected chi connectivity index (χ4v) is 4.12. The minimum atomic E-state index is -2.91. The van der Waals surface area contributed by atoms with Crippen molar-refractivity contribution in [3.63, 3.8) is 0 Å². The van der Waals surface area contributed by atoms with Crippen LogP contribution in [-0.2, 0) is 14.6 Å². The first-order chi connectivity index (χ1) is 7.96. The Morgan fingerprint density at radius 3 is 2.59 bits per heavy atom. The molecule has 3 unspecified atom stereocenters. The second-order valence-corrected chi connectivity index (χ2v) is 7.42. The number of hydrogen-bond donors (Lipinski definition) is 2. The summed E-state index contributed by atoms with van der Waals surface area (Å²) in [5, 5.41) is 6.14. The van der Waals surface area contributed by atoms with Crippen molar-refractivity contribution in [1.29, 1.82) is 0 Å². The fraction of sp³-hybridized carbons (Fsp3) is 0.909. The maximum atomic E-state index is 11.9. The van der Waals surface area contributed by atoms with E-state index in [1.165, 1.54) is 0 Å². The summed E-state index contributed by atoms with van der Waals surface area (Å²) in [4.78, 5) is 11.9. The highest BCUT2D eigenvalue weighted by molar-refractivity contribution is 7.91. The minimum absolute atomic E-state index is 0.00509. The van der Waals surface area contributed by atoms with Gasteiger partial charge in [-0.15, -0.1) is 0 Å². The lowest BCUT2D eigenvalue weighted by molar-refractivity contribution is -0.126. The molecule has 6 heteroatoms. The molecule has 17 heavy (non-hydrogen) atoms. The highest BCUT2D eigenvalue weighted by Crippen LogP contribution is 2.16. The van der Waals surface area contributed by atoms with Gasteiger partial charge in [0.25, 0.3) is 0 Å². The highest BCUT2D eigenvalue weighted by atomic mass is 32.2. The summed E-state index contributed by atoms with van der Waals surface area (Å²) in [6, 6.07) is 0.303. The van der Waals surface area contributed by atoms with Crippen LogP contribution in [0.2, 0.25) is 0 Å². The smallest absolute Gasteiger partial charge is 0.224 e. The van der Waals surface area contributed by atoms with Gasteiger partial charge in [0, 0.05) is 18.6 Å². The summed E-state index contributed by atoms with van der Waals surface area (Å²) < 4.78 is 22.6. The van der Waals surface area contributed by atoms with E-state index in [1.807, 2.05) is 0 Å². The second-order valence-electron chi connectivity index (χ2n) is 5.19. The van der Waals surface area contributed by atoms with E-state index in [0.717, 1.165) is 12.8 Å². The first kappa shape index (κ1) is 12.8. The molecule has 0 aromatic carbocycles. The van der Waals surface area contributed by atoms with E-state index < -0.39 is 9.84 Å². The summed E-state index contributed by atoms with van der Waals surface area (Å²) in [7, 11) is -2.91. The molecule has 5 nitrogen and oxygen atoms in total. The zero-order chi connectivity index (χ0) is 12.5. The third-order valence-electron chi connectivity index (χ3n) is 3.61. The predicted molar refractivity (Wildman–Crippen MR) is 65.4 cm³/mol. The van der Waals surface area contributed by atoms with E-state index in [-0.39, 0.29) is 29.4 Å². The van der Waals surface area contributed by atoms with Crippen molar-refractivity contribution in [3.8, 4) is 0 Å². The topological polar surface area (TPSA) is 75.3 Å². The molecule has 98 valence electrons. The van der Waals surface area contributed by atoms with Crippen molar-refractivity contribution in [2.24, 2.45) is 5.92 Å². The monoisotopic (exact) mass is 260 g/mol. The average molecular weight is 260 g/mol. The molecule has 2 saturated heterocycles. The third-order valence-corrected chi connectivity index (χ3v) is 5.38. The van der Waals surface area contributed by atoms with Gasteiger partial charge in [0.05, 0.1) is 17.4 Å². The van der Waals surface area contributed by atoms with Crippen LogP contribution < -0.4 is 10.6 Å². The number of hydrogen-bond acceptors (Lipinski definition) is 4. The van der Waals surface area contributed by atoms with E-state index in [0.29, 0.717) is 19.0 Å². The summed E-state index contributed by atoms with van der Waals surface area (Å²) in [6.07, 6.45) is 2.45. The van der Waals surface area contributed by atoms with Crippen LogP contribution in [0, 0.1) is 5.92 Å². The Morgan fingerprint density at radius 1 is 1.29 bits per heavy atom. The summed E-state index contributed by atoms with van der Waals surface area (Å²) in [5.74, 6) is 0.314. The number of carbonyl (C=O) groups is 1. The Bertz CT molecular complexity index is 386. The number of amides is 1. The number of nitrogens with one attached hydrogen (secondary N) is 2. The standard InChI is InChI=1S/C11H20N2O3S/c1-8-2-3-9(6-12-8)11(14)13-10-4-5-17(15,16)7-10/h8-10,12H,2-7H2,1H3,(H,13,14). The van der Waals surface area contributed by atoms with Crippen LogP contribution in [0.4, 0.5) is 0 Å². The van der Waals surface area contributed by atoms with Crippen molar-refractivity contribution < 1.29 is 13.2 Å². The van der Waals surface area contributed by atoms with Gasteiger partial charge in [-0.3, -0.25) is 4.79 Å². The molecule has 0 spiro atoms. The predicted octanol–water partition coefficient (Wildman–Crippen LogP) is -0.322. The summed E-state index contributed by atoms with van der Waals surface area (Å²) in [5.41, 5.74) is 0. The maximum absolute atomic E-state index is 11.9. The molecule has 0 aromatic heterocycles. The summed E-state index contributed by atoms with van der Waals surface area (Å²) in [6.45, 7) is 2.81. The molecule has 2 aliphatic heterocycles. The minimum Gasteiger partial charge on any atom is -0.352 e. The van der Waals surface area contributed by atoms with E-state index in [9.17, 15) is 13.2 Å². The molecule has 0 aromatic rings. The lowest BCUT2D eigenvalue weighted by atomic mass is 9.94. The molecule has 3 atom stereocenters. The molecule has 0 aliphatic carbocycles. The molecule has 1 amide bonds. The number of sulfone groups is 1. The molecule has 2 heterocycles. The van der Waals surface area contributed by atoms with Crippen molar-refractivity contribution >= 4 is 15.7 Å². The quantitative estimate of drug-likeness (QED) is 0.713.